The van der Waals surface area contributed by atoms with Crippen molar-refractivity contribution in [3.8, 4) is 0 Å². The SMILES string of the molecule is COC(=O)c1c(N)cccc1CN1CCSC(C)(C)C1. The molecule has 0 amide bonds. The van der Waals surface area contributed by atoms with Crippen LogP contribution in [-0.4, -0.2) is 41.6 Å². The van der Waals surface area contributed by atoms with Crippen LogP contribution in [0.1, 0.15) is 29.8 Å². The van der Waals surface area contributed by atoms with Crippen molar-refractivity contribution in [2.75, 3.05) is 31.7 Å². The summed E-state index contributed by atoms with van der Waals surface area (Å²) < 4.78 is 5.10. The van der Waals surface area contributed by atoms with Crippen molar-refractivity contribution in [1.82, 2.24) is 4.90 Å². The van der Waals surface area contributed by atoms with Crippen LogP contribution in [0, 0.1) is 0 Å². The molecule has 5 heteroatoms. The number of esters is 1. The molecule has 0 unspecified atom stereocenters. The number of hydrogen-bond donors (Lipinski definition) is 1. The smallest absolute Gasteiger partial charge is 0.340 e. The Labute approximate surface area is 124 Å². The maximum Gasteiger partial charge on any atom is 0.340 e. The Bertz CT molecular complexity index is 503. The lowest BCUT2D eigenvalue weighted by Crippen LogP contribution is -2.42. The van der Waals surface area contributed by atoms with Gasteiger partial charge in [-0.1, -0.05) is 12.1 Å². The van der Waals surface area contributed by atoms with Crippen molar-refractivity contribution in [3.05, 3.63) is 29.3 Å². The molecular weight excluding hydrogens is 272 g/mol. The lowest BCUT2D eigenvalue weighted by Gasteiger charge is -2.37. The van der Waals surface area contributed by atoms with Gasteiger partial charge in [0.1, 0.15) is 0 Å². The molecular formula is C15H22N2O2S. The molecule has 1 saturated heterocycles. The summed E-state index contributed by atoms with van der Waals surface area (Å²) in [5.74, 6) is 0.756. The van der Waals surface area contributed by atoms with E-state index in [4.69, 9.17) is 10.5 Å². The van der Waals surface area contributed by atoms with E-state index < -0.39 is 0 Å². The highest BCUT2D eigenvalue weighted by molar-refractivity contribution is 8.00. The quantitative estimate of drug-likeness (QED) is 0.685. The fourth-order valence-electron chi connectivity index (χ4n) is 2.59. The van der Waals surface area contributed by atoms with Crippen LogP contribution >= 0.6 is 11.8 Å². The number of nitrogens with zero attached hydrogens (tertiary/aromatic N) is 1. The molecule has 4 nitrogen and oxygen atoms in total. The Morgan fingerprint density at radius 3 is 2.90 bits per heavy atom. The van der Waals surface area contributed by atoms with Gasteiger partial charge in [-0.05, 0) is 25.5 Å². The van der Waals surface area contributed by atoms with E-state index in [0.29, 0.717) is 11.3 Å². The second kappa shape index (κ2) is 6.06. The molecule has 0 aromatic heterocycles. The number of thioether (sulfide) groups is 1. The second-order valence-electron chi connectivity index (χ2n) is 5.69. The molecule has 1 aromatic carbocycles. The number of anilines is 1. The molecule has 0 spiro atoms. The summed E-state index contributed by atoms with van der Waals surface area (Å²) in [5.41, 5.74) is 7.87. The van der Waals surface area contributed by atoms with E-state index in [9.17, 15) is 4.79 Å². The van der Waals surface area contributed by atoms with E-state index in [-0.39, 0.29) is 10.7 Å². The molecule has 1 fully saturated rings. The summed E-state index contributed by atoms with van der Waals surface area (Å²) >= 11 is 1.99. The first kappa shape index (κ1) is 15.2. The number of methoxy groups -OCH3 is 1. The average molecular weight is 294 g/mol. The summed E-state index contributed by atoms with van der Waals surface area (Å²) in [6.45, 7) is 7.28. The van der Waals surface area contributed by atoms with Crippen molar-refractivity contribution in [2.45, 2.75) is 25.1 Å². The number of rotatable bonds is 3. The van der Waals surface area contributed by atoms with Crippen LogP contribution in [0.15, 0.2) is 18.2 Å². The Morgan fingerprint density at radius 1 is 1.50 bits per heavy atom. The minimum absolute atomic E-state index is 0.254. The molecule has 0 atom stereocenters. The van der Waals surface area contributed by atoms with Crippen molar-refractivity contribution < 1.29 is 9.53 Å². The van der Waals surface area contributed by atoms with E-state index in [1.807, 2.05) is 23.9 Å². The van der Waals surface area contributed by atoms with E-state index in [2.05, 4.69) is 18.7 Å². The minimum Gasteiger partial charge on any atom is -0.465 e. The fourth-order valence-corrected chi connectivity index (χ4v) is 3.77. The fraction of sp³-hybridized carbons (Fsp3) is 0.533. The van der Waals surface area contributed by atoms with E-state index in [1.54, 1.807) is 6.07 Å². The summed E-state index contributed by atoms with van der Waals surface area (Å²) in [7, 11) is 1.39. The van der Waals surface area contributed by atoms with Crippen molar-refractivity contribution in [3.63, 3.8) is 0 Å². The standard InChI is InChI=1S/C15H22N2O2S/c1-15(2)10-17(7-8-20-15)9-11-5-4-6-12(16)13(11)14(18)19-3/h4-6H,7-10,16H2,1-3H3. The van der Waals surface area contributed by atoms with Crippen molar-refractivity contribution in [1.29, 1.82) is 0 Å². The highest BCUT2D eigenvalue weighted by Gasteiger charge is 2.28. The van der Waals surface area contributed by atoms with Gasteiger partial charge in [-0.3, -0.25) is 4.90 Å². The van der Waals surface area contributed by atoms with Crippen LogP contribution in [0.3, 0.4) is 0 Å². The molecule has 0 radical (unpaired) electrons. The Kier molecular flexibility index (Phi) is 4.60. The van der Waals surface area contributed by atoms with Gasteiger partial charge in [-0.2, -0.15) is 11.8 Å². The number of hydrogen-bond acceptors (Lipinski definition) is 5. The van der Waals surface area contributed by atoms with Gasteiger partial charge in [0.05, 0.1) is 12.7 Å². The number of carbonyl (C=O) groups excluding carboxylic acids is 1. The van der Waals surface area contributed by atoms with Crippen LogP contribution in [-0.2, 0) is 11.3 Å². The Hall–Kier alpha value is -1.20. The lowest BCUT2D eigenvalue weighted by atomic mass is 10.0. The Balaban J connectivity index is 2.21. The largest absolute Gasteiger partial charge is 0.465 e. The van der Waals surface area contributed by atoms with Crippen LogP contribution in [0.4, 0.5) is 5.69 Å². The highest BCUT2D eigenvalue weighted by Crippen LogP contribution is 2.31. The molecule has 0 aliphatic carbocycles. The van der Waals surface area contributed by atoms with E-state index in [1.165, 1.54) is 7.11 Å². The molecule has 2 N–H and O–H groups in total. The zero-order valence-corrected chi connectivity index (χ0v) is 13.1. The predicted octanol–water partition coefficient (Wildman–Crippen LogP) is 2.38. The number of nitrogens with two attached hydrogens (primary N) is 1. The van der Waals surface area contributed by atoms with Gasteiger partial charge in [0.2, 0.25) is 0 Å². The summed E-state index contributed by atoms with van der Waals surface area (Å²) in [5, 5.41) is 0. The van der Waals surface area contributed by atoms with Gasteiger partial charge >= 0.3 is 5.97 Å². The third kappa shape index (κ3) is 3.46. The molecule has 20 heavy (non-hydrogen) atoms. The molecule has 110 valence electrons. The molecule has 1 aromatic rings. The first-order valence-corrected chi connectivity index (χ1v) is 7.73. The summed E-state index contributed by atoms with van der Waals surface area (Å²) in [6, 6.07) is 5.59. The third-order valence-corrected chi connectivity index (χ3v) is 4.77. The molecule has 1 heterocycles. The van der Waals surface area contributed by atoms with E-state index >= 15 is 0 Å². The number of ether oxygens (including phenoxy) is 1. The second-order valence-corrected chi connectivity index (χ2v) is 7.49. The van der Waals surface area contributed by atoms with Gasteiger partial charge in [0.15, 0.2) is 0 Å². The first-order chi connectivity index (χ1) is 9.43. The molecule has 1 aliphatic rings. The van der Waals surface area contributed by atoms with E-state index in [0.717, 1.165) is 31.0 Å². The van der Waals surface area contributed by atoms with Gasteiger partial charge in [0, 0.05) is 35.8 Å². The third-order valence-electron chi connectivity index (χ3n) is 3.47. The number of benzene rings is 1. The average Bonchev–Trinajstić information content (AvgIpc) is 2.37. The molecule has 1 aliphatic heterocycles. The maximum absolute atomic E-state index is 11.9. The zero-order valence-electron chi connectivity index (χ0n) is 12.3. The Morgan fingerprint density at radius 2 is 2.25 bits per heavy atom. The number of carbonyl (C=O) groups is 1. The molecule has 0 saturated carbocycles. The summed E-state index contributed by atoms with van der Waals surface area (Å²) in [4.78, 5) is 14.3. The monoisotopic (exact) mass is 294 g/mol. The molecule has 0 bridgehead atoms. The first-order valence-electron chi connectivity index (χ1n) is 6.75. The van der Waals surface area contributed by atoms with Crippen LogP contribution in [0.25, 0.3) is 0 Å². The highest BCUT2D eigenvalue weighted by atomic mass is 32.2. The molecule has 2 rings (SSSR count). The van der Waals surface area contributed by atoms with Crippen molar-refractivity contribution >= 4 is 23.4 Å². The van der Waals surface area contributed by atoms with Gasteiger partial charge in [-0.25, -0.2) is 4.79 Å². The van der Waals surface area contributed by atoms with Crippen LogP contribution in [0.5, 0.6) is 0 Å². The normalized spacial score (nSPS) is 18.8. The van der Waals surface area contributed by atoms with Gasteiger partial charge < -0.3 is 10.5 Å². The van der Waals surface area contributed by atoms with Crippen LogP contribution in [0.2, 0.25) is 0 Å². The topological polar surface area (TPSA) is 55.6 Å². The lowest BCUT2D eigenvalue weighted by molar-refractivity contribution is 0.0599. The maximum atomic E-state index is 11.9. The van der Waals surface area contributed by atoms with Crippen molar-refractivity contribution in [2.24, 2.45) is 0 Å². The van der Waals surface area contributed by atoms with Gasteiger partial charge in [0.25, 0.3) is 0 Å². The number of nitrogen functional groups attached to an aromatic ring is 1. The predicted molar refractivity (Wildman–Crippen MR) is 84.0 cm³/mol. The summed E-state index contributed by atoms with van der Waals surface area (Å²) in [6.07, 6.45) is 0. The zero-order chi connectivity index (χ0) is 14.8. The van der Waals surface area contributed by atoms with Gasteiger partial charge in [-0.15, -0.1) is 0 Å². The minimum atomic E-state index is -0.358. The van der Waals surface area contributed by atoms with Crippen LogP contribution < -0.4 is 5.73 Å².